The average Bonchev–Trinajstić information content (AvgIpc) is 3.37. The van der Waals surface area contributed by atoms with Crippen LogP contribution in [0.5, 0.6) is 11.5 Å². The Morgan fingerprint density at radius 2 is 1.34 bits per heavy atom. The van der Waals surface area contributed by atoms with Crippen LogP contribution in [-0.4, -0.2) is 29.9 Å². The van der Waals surface area contributed by atoms with Crippen LogP contribution in [0.15, 0.2) is 109 Å². The summed E-state index contributed by atoms with van der Waals surface area (Å²) in [6.45, 7) is 0. The van der Waals surface area contributed by atoms with Gasteiger partial charge in [0.1, 0.15) is 17.2 Å². The fourth-order valence-corrected chi connectivity index (χ4v) is 4.19. The van der Waals surface area contributed by atoms with Crippen molar-refractivity contribution in [3.8, 4) is 28.4 Å². The van der Waals surface area contributed by atoms with Crippen LogP contribution >= 0.6 is 0 Å². The highest BCUT2D eigenvalue weighted by Crippen LogP contribution is 2.31. The van der Waals surface area contributed by atoms with Gasteiger partial charge >= 0.3 is 0 Å². The third-order valence-corrected chi connectivity index (χ3v) is 6.04. The zero-order chi connectivity index (χ0) is 26.3. The zero-order valence-electron chi connectivity index (χ0n) is 21.2. The molecule has 38 heavy (non-hydrogen) atoms. The summed E-state index contributed by atoms with van der Waals surface area (Å²) in [6, 6.07) is 34.7. The molecule has 0 aliphatic carbocycles. The van der Waals surface area contributed by atoms with Crippen molar-refractivity contribution in [2.24, 2.45) is 0 Å². The molecule has 0 bridgehead atoms. The van der Waals surface area contributed by atoms with Crippen molar-refractivity contribution >= 4 is 23.7 Å². The van der Waals surface area contributed by atoms with E-state index in [0.717, 1.165) is 16.8 Å². The molecule has 0 fully saturated rings. The lowest BCUT2D eigenvalue weighted by Crippen LogP contribution is -2.14. The second-order valence-electron chi connectivity index (χ2n) is 8.52. The Kier molecular flexibility index (Phi) is 7.32. The Morgan fingerprint density at radius 3 is 1.95 bits per heavy atom. The lowest BCUT2D eigenvalue weighted by atomic mass is 10.0. The number of hydrogen-bond donors (Lipinski definition) is 1. The number of rotatable bonds is 8. The molecule has 0 aliphatic rings. The summed E-state index contributed by atoms with van der Waals surface area (Å²) in [7, 11) is 3.15. The second kappa shape index (κ2) is 11.3. The van der Waals surface area contributed by atoms with Gasteiger partial charge in [-0.05, 0) is 23.8 Å². The third-order valence-electron chi connectivity index (χ3n) is 6.04. The number of ether oxygens (including phenoxy) is 2. The number of carbonyl (C=O) groups excluding carboxylic acids is 1. The van der Waals surface area contributed by atoms with Gasteiger partial charge in [-0.15, -0.1) is 0 Å². The normalized spacial score (nSPS) is 10.9. The van der Waals surface area contributed by atoms with Crippen molar-refractivity contribution in [3.63, 3.8) is 0 Å². The SMILES string of the molecule is COc1cc(NC(=O)c2c(-c3ccccc3)nn(-c3ccccc3)c2/C=C/c2ccccc2)cc(OC)c1. The average molecular weight is 502 g/mol. The second-order valence-corrected chi connectivity index (χ2v) is 8.52. The van der Waals surface area contributed by atoms with Crippen LogP contribution in [0.3, 0.4) is 0 Å². The number of nitrogens with one attached hydrogen (secondary N) is 1. The van der Waals surface area contributed by atoms with Crippen molar-refractivity contribution in [2.45, 2.75) is 0 Å². The van der Waals surface area contributed by atoms with Gasteiger partial charge in [-0.25, -0.2) is 4.68 Å². The maximum atomic E-state index is 14.0. The molecule has 4 aromatic carbocycles. The first kappa shape index (κ1) is 24.6. The number of benzene rings is 4. The summed E-state index contributed by atoms with van der Waals surface area (Å²) in [6.07, 6.45) is 3.92. The van der Waals surface area contributed by atoms with E-state index in [1.54, 1.807) is 32.4 Å². The zero-order valence-corrected chi connectivity index (χ0v) is 21.2. The van der Waals surface area contributed by atoms with Crippen molar-refractivity contribution in [1.82, 2.24) is 9.78 Å². The van der Waals surface area contributed by atoms with Crippen LogP contribution in [0.25, 0.3) is 29.1 Å². The van der Waals surface area contributed by atoms with E-state index in [1.165, 1.54) is 0 Å². The first-order valence-electron chi connectivity index (χ1n) is 12.2. The summed E-state index contributed by atoms with van der Waals surface area (Å²) < 4.78 is 12.6. The van der Waals surface area contributed by atoms with E-state index in [9.17, 15) is 4.79 Å². The molecule has 0 radical (unpaired) electrons. The highest BCUT2D eigenvalue weighted by molar-refractivity contribution is 6.11. The number of aromatic nitrogens is 2. The highest BCUT2D eigenvalue weighted by atomic mass is 16.5. The molecule has 5 aromatic rings. The largest absolute Gasteiger partial charge is 0.497 e. The predicted molar refractivity (Wildman–Crippen MR) is 152 cm³/mol. The molecule has 1 amide bonds. The first-order valence-corrected chi connectivity index (χ1v) is 12.2. The smallest absolute Gasteiger partial charge is 0.260 e. The van der Waals surface area contributed by atoms with Crippen molar-refractivity contribution in [2.75, 3.05) is 19.5 Å². The topological polar surface area (TPSA) is 65.4 Å². The minimum Gasteiger partial charge on any atom is -0.497 e. The molecule has 0 saturated heterocycles. The summed E-state index contributed by atoms with van der Waals surface area (Å²) in [4.78, 5) is 14.0. The number of methoxy groups -OCH3 is 2. The quantitative estimate of drug-likeness (QED) is 0.249. The Labute approximate surface area is 221 Å². The molecule has 1 heterocycles. The van der Waals surface area contributed by atoms with Crippen molar-refractivity contribution < 1.29 is 14.3 Å². The molecular formula is C32H27N3O3. The molecule has 0 spiro atoms. The lowest BCUT2D eigenvalue weighted by Gasteiger charge is -2.11. The Hall–Kier alpha value is -5.10. The molecule has 0 unspecified atom stereocenters. The van der Waals surface area contributed by atoms with Crippen LogP contribution in [0.4, 0.5) is 5.69 Å². The third kappa shape index (κ3) is 5.34. The van der Waals surface area contributed by atoms with Crippen LogP contribution in [0, 0.1) is 0 Å². The van der Waals surface area contributed by atoms with Crippen LogP contribution in [-0.2, 0) is 0 Å². The molecule has 1 aromatic heterocycles. The van der Waals surface area contributed by atoms with E-state index in [2.05, 4.69) is 5.32 Å². The molecule has 0 aliphatic heterocycles. The van der Waals surface area contributed by atoms with Gasteiger partial charge in [-0.2, -0.15) is 5.10 Å². The van der Waals surface area contributed by atoms with E-state index in [4.69, 9.17) is 14.6 Å². The van der Waals surface area contributed by atoms with Gasteiger partial charge in [0.2, 0.25) is 0 Å². The maximum Gasteiger partial charge on any atom is 0.260 e. The first-order chi connectivity index (χ1) is 18.7. The van der Waals surface area contributed by atoms with E-state index in [1.807, 2.05) is 108 Å². The minimum absolute atomic E-state index is 0.297. The standard InChI is InChI=1S/C32H27N3O3/c1-37-27-20-25(21-28(22-27)38-2)33-32(36)30-29(19-18-23-12-6-3-7-13-23)35(26-16-10-5-11-17-26)34-31(30)24-14-8-4-9-15-24/h3-22H,1-2H3,(H,33,36)/b19-18+. The van der Waals surface area contributed by atoms with Gasteiger partial charge in [0.25, 0.3) is 5.91 Å². The molecule has 0 saturated carbocycles. The Balaban J connectivity index is 1.69. The molecule has 6 heteroatoms. The summed E-state index contributed by atoms with van der Waals surface area (Å²) in [5.74, 6) is 0.855. The van der Waals surface area contributed by atoms with Crippen LogP contribution in [0.2, 0.25) is 0 Å². The molecule has 6 nitrogen and oxygen atoms in total. The Bertz CT molecular complexity index is 1540. The molecule has 0 atom stereocenters. The molecule has 5 rings (SSSR count). The van der Waals surface area contributed by atoms with Crippen molar-refractivity contribution in [3.05, 3.63) is 126 Å². The number of carbonyl (C=O) groups is 1. The van der Waals surface area contributed by atoms with Gasteiger partial charge in [0.15, 0.2) is 0 Å². The van der Waals surface area contributed by atoms with Gasteiger partial charge < -0.3 is 14.8 Å². The van der Waals surface area contributed by atoms with Crippen molar-refractivity contribution in [1.29, 1.82) is 0 Å². The van der Waals surface area contributed by atoms with Gasteiger partial charge in [0.05, 0.1) is 31.2 Å². The molecule has 1 N–H and O–H groups in total. The lowest BCUT2D eigenvalue weighted by molar-refractivity contribution is 0.102. The fourth-order valence-electron chi connectivity index (χ4n) is 4.19. The van der Waals surface area contributed by atoms with Gasteiger partial charge in [-0.3, -0.25) is 4.79 Å². The van der Waals surface area contributed by atoms with Gasteiger partial charge in [0, 0.05) is 29.4 Å². The monoisotopic (exact) mass is 501 g/mol. The fraction of sp³-hybridized carbons (Fsp3) is 0.0625. The van der Waals surface area contributed by atoms with Crippen LogP contribution in [0.1, 0.15) is 21.6 Å². The maximum absolute atomic E-state index is 14.0. The molecule has 188 valence electrons. The number of anilines is 1. The Morgan fingerprint density at radius 1 is 0.763 bits per heavy atom. The summed E-state index contributed by atoms with van der Waals surface area (Å²) in [5, 5.41) is 7.98. The highest BCUT2D eigenvalue weighted by Gasteiger charge is 2.25. The van der Waals surface area contributed by atoms with E-state index in [-0.39, 0.29) is 5.91 Å². The van der Waals surface area contributed by atoms with Crippen LogP contribution < -0.4 is 14.8 Å². The summed E-state index contributed by atoms with van der Waals surface area (Å²) >= 11 is 0. The van der Waals surface area contributed by atoms with E-state index < -0.39 is 0 Å². The number of nitrogens with zero attached hydrogens (tertiary/aromatic N) is 2. The number of hydrogen-bond acceptors (Lipinski definition) is 4. The minimum atomic E-state index is -0.297. The number of amides is 1. The molecular weight excluding hydrogens is 474 g/mol. The van der Waals surface area contributed by atoms with Gasteiger partial charge in [-0.1, -0.05) is 84.9 Å². The number of para-hydroxylation sites is 1. The van der Waals surface area contributed by atoms with E-state index in [0.29, 0.717) is 34.1 Å². The predicted octanol–water partition coefficient (Wildman–Crippen LogP) is 6.98. The van der Waals surface area contributed by atoms with E-state index >= 15 is 0 Å². The summed E-state index contributed by atoms with van der Waals surface area (Å²) in [5.41, 5.74) is 4.94.